The monoisotopic (exact) mass is 244 g/mol. The molecular weight excluding hydrogens is 223 g/mol. The molecule has 0 aliphatic carbocycles. The number of alkyl carbamates (subject to hydrolysis) is 1. The lowest BCUT2D eigenvalue weighted by atomic mass is 9.98. The van der Waals surface area contributed by atoms with Crippen LogP contribution in [0.5, 0.6) is 0 Å². The van der Waals surface area contributed by atoms with E-state index >= 15 is 0 Å². The van der Waals surface area contributed by atoms with Crippen LogP contribution >= 0.6 is 0 Å². The van der Waals surface area contributed by atoms with Gasteiger partial charge >= 0.3 is 6.09 Å². The molecule has 4 nitrogen and oxygen atoms in total. The molecule has 4 atom stereocenters. The van der Waals surface area contributed by atoms with Gasteiger partial charge in [0, 0.05) is 12.1 Å². The number of carbonyl (C=O) groups is 1. The lowest BCUT2D eigenvalue weighted by Crippen LogP contribution is -2.56. The zero-order valence-electron chi connectivity index (χ0n) is 10.6. The summed E-state index contributed by atoms with van der Waals surface area (Å²) in [4.78, 5) is 11.6. The SMILES string of the molecule is CC(C)(C)OC(=O)N[C@@H]1C[C@@H]2CC[C@@H](N2)[C@H]1F. The molecule has 2 fully saturated rings. The largest absolute Gasteiger partial charge is 0.444 e. The van der Waals surface area contributed by atoms with E-state index in [1.807, 2.05) is 0 Å². The molecule has 2 bridgehead atoms. The van der Waals surface area contributed by atoms with Gasteiger partial charge in [0.15, 0.2) is 0 Å². The quantitative estimate of drug-likeness (QED) is 0.738. The molecule has 17 heavy (non-hydrogen) atoms. The van der Waals surface area contributed by atoms with Crippen molar-refractivity contribution in [1.82, 2.24) is 10.6 Å². The Morgan fingerprint density at radius 2 is 2.12 bits per heavy atom. The molecule has 1 amide bonds. The first kappa shape index (κ1) is 12.6. The van der Waals surface area contributed by atoms with Gasteiger partial charge in [-0.05, 0) is 40.0 Å². The Kier molecular flexibility index (Phi) is 3.30. The first-order valence-corrected chi connectivity index (χ1v) is 6.25. The Morgan fingerprint density at radius 1 is 1.41 bits per heavy atom. The summed E-state index contributed by atoms with van der Waals surface area (Å²) >= 11 is 0. The van der Waals surface area contributed by atoms with Crippen LogP contribution < -0.4 is 10.6 Å². The van der Waals surface area contributed by atoms with Crippen molar-refractivity contribution in [2.75, 3.05) is 0 Å². The highest BCUT2D eigenvalue weighted by atomic mass is 19.1. The van der Waals surface area contributed by atoms with E-state index in [-0.39, 0.29) is 6.04 Å². The first-order valence-electron chi connectivity index (χ1n) is 6.25. The number of rotatable bonds is 1. The van der Waals surface area contributed by atoms with Gasteiger partial charge in [-0.3, -0.25) is 0 Å². The highest BCUT2D eigenvalue weighted by Crippen LogP contribution is 2.29. The van der Waals surface area contributed by atoms with Crippen molar-refractivity contribution in [3.63, 3.8) is 0 Å². The van der Waals surface area contributed by atoms with Crippen LogP contribution in [-0.4, -0.2) is 36.0 Å². The van der Waals surface area contributed by atoms with Gasteiger partial charge in [-0.15, -0.1) is 0 Å². The van der Waals surface area contributed by atoms with E-state index in [9.17, 15) is 9.18 Å². The molecular formula is C12H21FN2O2. The topological polar surface area (TPSA) is 50.4 Å². The number of amides is 1. The average molecular weight is 244 g/mol. The van der Waals surface area contributed by atoms with E-state index in [0.717, 1.165) is 12.8 Å². The third-order valence-electron chi connectivity index (χ3n) is 3.29. The number of nitrogens with one attached hydrogen (secondary N) is 2. The fourth-order valence-corrected chi connectivity index (χ4v) is 2.60. The highest BCUT2D eigenvalue weighted by Gasteiger charge is 2.42. The molecule has 0 unspecified atom stereocenters. The summed E-state index contributed by atoms with van der Waals surface area (Å²) < 4.78 is 19.1. The smallest absolute Gasteiger partial charge is 0.407 e. The molecule has 2 saturated heterocycles. The maximum absolute atomic E-state index is 14.0. The van der Waals surface area contributed by atoms with Gasteiger partial charge in [0.2, 0.25) is 0 Å². The van der Waals surface area contributed by atoms with Crippen LogP contribution in [0.2, 0.25) is 0 Å². The van der Waals surface area contributed by atoms with Crippen molar-refractivity contribution < 1.29 is 13.9 Å². The predicted molar refractivity (Wildman–Crippen MR) is 62.6 cm³/mol. The number of carbonyl (C=O) groups excluding carboxylic acids is 1. The minimum Gasteiger partial charge on any atom is -0.444 e. The number of halogens is 1. The van der Waals surface area contributed by atoms with Crippen LogP contribution in [0.15, 0.2) is 0 Å². The molecule has 2 heterocycles. The molecule has 2 N–H and O–H groups in total. The van der Waals surface area contributed by atoms with Gasteiger partial charge in [0.1, 0.15) is 11.8 Å². The molecule has 0 aromatic carbocycles. The second-order valence-electron chi connectivity index (χ2n) is 5.98. The van der Waals surface area contributed by atoms with Gasteiger partial charge in [0.05, 0.1) is 6.04 Å². The Labute approximate surface area is 101 Å². The van der Waals surface area contributed by atoms with Crippen LogP contribution in [-0.2, 0) is 4.74 Å². The standard InChI is InChI=1S/C12H21FN2O2/c1-12(2,3)17-11(16)15-9-6-7-4-5-8(14-7)10(9)13/h7-10,14H,4-6H2,1-3H3,(H,15,16)/t7-,8+,9+,10+/m0/s1. The minimum atomic E-state index is -1.01. The number of ether oxygens (including phenoxy) is 1. The maximum Gasteiger partial charge on any atom is 0.407 e. The average Bonchev–Trinajstić information content (AvgIpc) is 2.55. The number of alkyl halides is 1. The summed E-state index contributed by atoms with van der Waals surface area (Å²) in [6.07, 6.45) is 0.972. The highest BCUT2D eigenvalue weighted by molar-refractivity contribution is 5.68. The van der Waals surface area contributed by atoms with E-state index in [4.69, 9.17) is 4.74 Å². The Bertz CT molecular complexity index is 303. The third kappa shape index (κ3) is 3.09. The molecule has 0 spiro atoms. The van der Waals surface area contributed by atoms with Crippen LogP contribution in [0.1, 0.15) is 40.0 Å². The van der Waals surface area contributed by atoms with Gasteiger partial charge in [0.25, 0.3) is 0 Å². The summed E-state index contributed by atoms with van der Waals surface area (Å²) in [5, 5.41) is 5.87. The van der Waals surface area contributed by atoms with E-state index in [0.29, 0.717) is 12.5 Å². The van der Waals surface area contributed by atoms with Crippen LogP contribution in [0.25, 0.3) is 0 Å². The molecule has 2 aliphatic heterocycles. The summed E-state index contributed by atoms with van der Waals surface area (Å²) in [6.45, 7) is 5.39. The predicted octanol–water partition coefficient (Wildman–Crippen LogP) is 1.74. The molecule has 5 heteroatoms. The van der Waals surface area contributed by atoms with Gasteiger partial charge < -0.3 is 15.4 Å². The third-order valence-corrected chi connectivity index (χ3v) is 3.29. The van der Waals surface area contributed by atoms with E-state index in [2.05, 4.69) is 10.6 Å². The molecule has 0 aromatic rings. The number of hydrogen-bond acceptors (Lipinski definition) is 3. The summed E-state index contributed by atoms with van der Waals surface area (Å²) in [7, 11) is 0. The first-order chi connectivity index (χ1) is 7.85. The van der Waals surface area contributed by atoms with Crippen molar-refractivity contribution in [3.05, 3.63) is 0 Å². The second kappa shape index (κ2) is 4.44. The fraction of sp³-hybridized carbons (Fsp3) is 0.917. The Balaban J connectivity index is 1.88. The van der Waals surface area contributed by atoms with Crippen molar-refractivity contribution in [2.45, 2.75) is 69.9 Å². The van der Waals surface area contributed by atoms with Crippen LogP contribution in [0, 0.1) is 0 Å². The summed E-state index contributed by atoms with van der Waals surface area (Å²) in [5.74, 6) is 0. The van der Waals surface area contributed by atoms with Gasteiger partial charge in [-0.25, -0.2) is 9.18 Å². The zero-order valence-corrected chi connectivity index (χ0v) is 10.6. The number of hydrogen-bond donors (Lipinski definition) is 2. The van der Waals surface area contributed by atoms with Crippen LogP contribution in [0.3, 0.4) is 0 Å². The Hall–Kier alpha value is -0.840. The molecule has 0 radical (unpaired) electrons. The maximum atomic E-state index is 14.0. The molecule has 0 saturated carbocycles. The number of piperidine rings is 1. The number of fused-ring (bicyclic) bond motifs is 2. The second-order valence-corrected chi connectivity index (χ2v) is 5.98. The van der Waals surface area contributed by atoms with Gasteiger partial charge in [-0.1, -0.05) is 0 Å². The van der Waals surface area contributed by atoms with Crippen molar-refractivity contribution in [3.8, 4) is 0 Å². The summed E-state index contributed by atoms with van der Waals surface area (Å²) in [6, 6.07) is -0.177. The zero-order chi connectivity index (χ0) is 12.6. The molecule has 98 valence electrons. The van der Waals surface area contributed by atoms with Crippen molar-refractivity contribution >= 4 is 6.09 Å². The molecule has 2 rings (SSSR count). The molecule has 0 aromatic heterocycles. The van der Waals surface area contributed by atoms with Crippen LogP contribution in [0.4, 0.5) is 9.18 Å². The fourth-order valence-electron chi connectivity index (χ4n) is 2.60. The lowest BCUT2D eigenvalue weighted by Gasteiger charge is -2.33. The van der Waals surface area contributed by atoms with E-state index < -0.39 is 23.9 Å². The minimum absolute atomic E-state index is 0.103. The van der Waals surface area contributed by atoms with Crippen molar-refractivity contribution in [2.24, 2.45) is 0 Å². The van der Waals surface area contributed by atoms with E-state index in [1.165, 1.54) is 0 Å². The lowest BCUT2D eigenvalue weighted by molar-refractivity contribution is 0.0436. The van der Waals surface area contributed by atoms with Crippen molar-refractivity contribution in [1.29, 1.82) is 0 Å². The van der Waals surface area contributed by atoms with Gasteiger partial charge in [-0.2, -0.15) is 0 Å². The Morgan fingerprint density at radius 3 is 2.76 bits per heavy atom. The molecule has 2 aliphatic rings. The normalized spacial score (nSPS) is 36.7. The van der Waals surface area contributed by atoms with E-state index in [1.54, 1.807) is 20.8 Å². The summed E-state index contributed by atoms with van der Waals surface area (Å²) in [5.41, 5.74) is -0.540.